The highest BCUT2D eigenvalue weighted by Crippen LogP contribution is 2.14. The lowest BCUT2D eigenvalue weighted by Gasteiger charge is -2.37. The Morgan fingerprint density at radius 3 is 2.79 bits per heavy atom. The predicted molar refractivity (Wildman–Crippen MR) is 47.2 cm³/mol. The second-order valence-electron chi connectivity index (χ2n) is 3.44. The van der Waals surface area contributed by atoms with Gasteiger partial charge >= 0.3 is 0 Å². The number of nitrogens with zero attached hydrogens (tertiary/aromatic N) is 1. The number of carbonyl (C=O) groups is 2. The van der Waals surface area contributed by atoms with Gasteiger partial charge in [0.25, 0.3) is 0 Å². The molecule has 1 N–H and O–H groups in total. The Hall–Kier alpha value is -1.11. The summed E-state index contributed by atoms with van der Waals surface area (Å²) in [6, 6.07) is -0.810. The summed E-state index contributed by atoms with van der Waals surface area (Å²) in [7, 11) is -3.16. The molecule has 0 aromatic rings. The number of fused-ring (bicyclic) bond motifs is 1. The number of rotatable bonds is 0. The second-order valence-corrected chi connectivity index (χ2v) is 5.66. The number of piperazine rings is 1. The molecule has 0 aromatic carbocycles. The highest BCUT2D eigenvalue weighted by atomic mass is 32.2. The molecule has 2 fully saturated rings. The highest BCUT2D eigenvalue weighted by Gasteiger charge is 2.41. The Morgan fingerprint density at radius 2 is 2.07 bits per heavy atom. The molecule has 0 aliphatic carbocycles. The topological polar surface area (TPSA) is 83.6 Å². The van der Waals surface area contributed by atoms with Crippen molar-refractivity contribution in [2.75, 3.05) is 24.6 Å². The van der Waals surface area contributed by atoms with Crippen molar-refractivity contribution in [1.29, 1.82) is 0 Å². The number of carbonyl (C=O) groups excluding carboxylic acids is 2. The minimum Gasteiger partial charge on any atom is -0.345 e. The van der Waals surface area contributed by atoms with Gasteiger partial charge in [-0.25, -0.2) is 8.42 Å². The molecular weight excluding hydrogens is 208 g/mol. The Kier molecular flexibility index (Phi) is 1.99. The molecule has 0 spiro atoms. The van der Waals surface area contributed by atoms with E-state index in [9.17, 15) is 18.0 Å². The molecule has 2 saturated heterocycles. The lowest BCUT2D eigenvalue weighted by atomic mass is 10.2. The van der Waals surface area contributed by atoms with Gasteiger partial charge in [-0.1, -0.05) is 0 Å². The predicted octanol–water partition coefficient (Wildman–Crippen LogP) is -2.26. The van der Waals surface area contributed by atoms with Crippen LogP contribution in [0.1, 0.15) is 0 Å². The van der Waals surface area contributed by atoms with Gasteiger partial charge in [-0.3, -0.25) is 9.59 Å². The highest BCUT2D eigenvalue weighted by molar-refractivity contribution is 7.91. The molecule has 2 aliphatic rings. The molecule has 2 heterocycles. The zero-order valence-corrected chi connectivity index (χ0v) is 8.21. The third kappa shape index (κ3) is 1.47. The van der Waals surface area contributed by atoms with E-state index >= 15 is 0 Å². The number of sulfone groups is 1. The molecular formula is C7H10N2O4S. The summed E-state index contributed by atoms with van der Waals surface area (Å²) in [6.07, 6.45) is 0. The van der Waals surface area contributed by atoms with Gasteiger partial charge in [-0.15, -0.1) is 0 Å². The summed E-state index contributed by atoms with van der Waals surface area (Å²) in [5.41, 5.74) is 0. The maximum atomic E-state index is 11.3. The van der Waals surface area contributed by atoms with E-state index in [1.807, 2.05) is 0 Å². The van der Waals surface area contributed by atoms with Crippen LogP contribution in [0, 0.1) is 0 Å². The van der Waals surface area contributed by atoms with Gasteiger partial charge in [-0.2, -0.15) is 0 Å². The summed E-state index contributed by atoms with van der Waals surface area (Å²) in [6.45, 7) is 0.120. The Labute approximate surface area is 81.2 Å². The summed E-state index contributed by atoms with van der Waals surface area (Å²) in [4.78, 5) is 23.9. The average molecular weight is 218 g/mol. The zero-order chi connectivity index (χ0) is 10.3. The largest absolute Gasteiger partial charge is 0.345 e. The van der Waals surface area contributed by atoms with E-state index < -0.39 is 15.9 Å². The van der Waals surface area contributed by atoms with Crippen LogP contribution in [0.15, 0.2) is 0 Å². The monoisotopic (exact) mass is 218 g/mol. The molecule has 0 saturated carbocycles. The van der Waals surface area contributed by atoms with Gasteiger partial charge in [-0.05, 0) is 0 Å². The molecule has 0 aromatic heterocycles. The lowest BCUT2D eigenvalue weighted by Crippen LogP contribution is -2.63. The van der Waals surface area contributed by atoms with E-state index in [0.29, 0.717) is 0 Å². The van der Waals surface area contributed by atoms with Crippen molar-refractivity contribution >= 4 is 21.7 Å². The molecule has 2 rings (SSSR count). The van der Waals surface area contributed by atoms with Crippen LogP contribution in [-0.4, -0.2) is 55.8 Å². The maximum Gasteiger partial charge on any atom is 0.244 e. The summed E-state index contributed by atoms with van der Waals surface area (Å²) >= 11 is 0. The van der Waals surface area contributed by atoms with E-state index in [1.165, 1.54) is 4.90 Å². The molecule has 1 unspecified atom stereocenters. The van der Waals surface area contributed by atoms with E-state index in [-0.39, 0.29) is 36.4 Å². The summed E-state index contributed by atoms with van der Waals surface area (Å²) < 4.78 is 22.5. The van der Waals surface area contributed by atoms with Crippen LogP contribution in [0.3, 0.4) is 0 Å². The molecule has 0 radical (unpaired) electrons. The first-order valence-electron chi connectivity index (χ1n) is 4.27. The van der Waals surface area contributed by atoms with Crippen molar-refractivity contribution in [1.82, 2.24) is 10.2 Å². The summed E-state index contributed by atoms with van der Waals surface area (Å²) in [5, 5.41) is 2.37. The standard InChI is InChI=1S/C7H10N2O4S/c10-6-3-8-7(11)5-4-14(12,13)2-1-9(5)6/h5H,1-4H2,(H,8,11). The van der Waals surface area contributed by atoms with Gasteiger partial charge in [0.2, 0.25) is 11.8 Å². The number of nitrogens with one attached hydrogen (secondary N) is 1. The maximum absolute atomic E-state index is 11.3. The second kappa shape index (κ2) is 2.94. The molecule has 78 valence electrons. The third-order valence-corrected chi connectivity index (χ3v) is 4.10. The van der Waals surface area contributed by atoms with Gasteiger partial charge in [0, 0.05) is 6.54 Å². The number of hydrogen-bond donors (Lipinski definition) is 1. The van der Waals surface area contributed by atoms with Crippen molar-refractivity contribution in [3.8, 4) is 0 Å². The molecule has 1 atom stereocenters. The third-order valence-electron chi connectivity index (χ3n) is 2.47. The van der Waals surface area contributed by atoms with Crippen LogP contribution in [0.5, 0.6) is 0 Å². The van der Waals surface area contributed by atoms with Crippen LogP contribution in [0.25, 0.3) is 0 Å². The van der Waals surface area contributed by atoms with Crippen molar-refractivity contribution in [3.63, 3.8) is 0 Å². The molecule has 7 heteroatoms. The fraction of sp³-hybridized carbons (Fsp3) is 0.714. The smallest absolute Gasteiger partial charge is 0.244 e. The van der Waals surface area contributed by atoms with Crippen LogP contribution >= 0.6 is 0 Å². The van der Waals surface area contributed by atoms with Crippen molar-refractivity contribution in [2.24, 2.45) is 0 Å². The number of hydrogen-bond acceptors (Lipinski definition) is 4. The molecule has 6 nitrogen and oxygen atoms in total. The van der Waals surface area contributed by atoms with E-state index in [2.05, 4.69) is 5.32 Å². The van der Waals surface area contributed by atoms with Crippen LogP contribution in [-0.2, 0) is 19.4 Å². The first kappa shape index (κ1) is 9.45. The first-order chi connectivity index (χ1) is 6.49. The van der Waals surface area contributed by atoms with E-state index in [1.54, 1.807) is 0 Å². The molecule has 2 amide bonds. The Balaban J connectivity index is 2.27. The Morgan fingerprint density at radius 1 is 1.36 bits per heavy atom. The van der Waals surface area contributed by atoms with Crippen LogP contribution < -0.4 is 5.32 Å². The zero-order valence-electron chi connectivity index (χ0n) is 7.39. The van der Waals surface area contributed by atoms with Crippen molar-refractivity contribution in [3.05, 3.63) is 0 Å². The summed E-state index contributed by atoms with van der Waals surface area (Å²) in [5.74, 6) is -0.857. The van der Waals surface area contributed by atoms with Crippen molar-refractivity contribution in [2.45, 2.75) is 6.04 Å². The minimum atomic E-state index is -3.16. The fourth-order valence-corrected chi connectivity index (χ4v) is 3.16. The number of amides is 2. The van der Waals surface area contributed by atoms with Gasteiger partial charge in [0.15, 0.2) is 9.84 Å². The SMILES string of the molecule is O=C1NCC(=O)N2CCS(=O)(=O)CC12. The van der Waals surface area contributed by atoms with Gasteiger partial charge in [0.1, 0.15) is 6.04 Å². The normalized spacial score (nSPS) is 30.9. The molecule has 2 aliphatic heterocycles. The van der Waals surface area contributed by atoms with Crippen molar-refractivity contribution < 1.29 is 18.0 Å². The quantitative estimate of drug-likeness (QED) is 0.497. The fourth-order valence-electron chi connectivity index (χ4n) is 1.70. The van der Waals surface area contributed by atoms with Crippen LogP contribution in [0.2, 0.25) is 0 Å². The average Bonchev–Trinajstić information content (AvgIpc) is 2.10. The van der Waals surface area contributed by atoms with Gasteiger partial charge in [0.05, 0.1) is 18.1 Å². The lowest BCUT2D eigenvalue weighted by molar-refractivity contribution is -0.144. The van der Waals surface area contributed by atoms with Crippen LogP contribution in [0.4, 0.5) is 0 Å². The van der Waals surface area contributed by atoms with E-state index in [0.717, 1.165) is 0 Å². The Bertz CT molecular complexity index is 388. The molecule has 0 bridgehead atoms. The molecule has 14 heavy (non-hydrogen) atoms. The first-order valence-corrected chi connectivity index (χ1v) is 6.09. The van der Waals surface area contributed by atoms with E-state index in [4.69, 9.17) is 0 Å². The minimum absolute atomic E-state index is 0.0185. The van der Waals surface area contributed by atoms with Gasteiger partial charge < -0.3 is 10.2 Å².